The second-order valence-electron chi connectivity index (χ2n) is 5.23. The molecule has 0 aliphatic carbocycles. The lowest BCUT2D eigenvalue weighted by atomic mass is 10.1. The van der Waals surface area contributed by atoms with Crippen LogP contribution in [0.5, 0.6) is 0 Å². The number of nitrogens with one attached hydrogen (secondary N) is 1. The van der Waals surface area contributed by atoms with E-state index >= 15 is 0 Å². The van der Waals surface area contributed by atoms with Crippen LogP contribution in [-0.4, -0.2) is 4.98 Å². The van der Waals surface area contributed by atoms with Crippen molar-refractivity contribution in [2.75, 3.05) is 5.32 Å². The van der Waals surface area contributed by atoms with Crippen molar-refractivity contribution in [3.63, 3.8) is 0 Å². The minimum atomic E-state index is -0.275. The molecular formula is C19H11N5O. The highest BCUT2D eigenvalue weighted by molar-refractivity contribution is 5.81. The number of aromatic nitrogens is 1. The van der Waals surface area contributed by atoms with Crippen molar-refractivity contribution in [2.24, 2.45) is 0 Å². The Hall–Kier alpha value is -4.08. The monoisotopic (exact) mass is 325 g/mol. The highest BCUT2D eigenvalue weighted by Crippen LogP contribution is 2.28. The zero-order valence-electron chi connectivity index (χ0n) is 13.2. The molecule has 1 heterocycles. The van der Waals surface area contributed by atoms with Crippen LogP contribution in [0.1, 0.15) is 5.56 Å². The topological polar surface area (TPSA) is 109 Å². The summed E-state index contributed by atoms with van der Waals surface area (Å²) in [6.45, 7) is 1.98. The Morgan fingerprint density at radius 2 is 1.80 bits per heavy atom. The maximum absolute atomic E-state index is 9.11. The number of nitriles is 3. The molecule has 0 saturated carbocycles. The van der Waals surface area contributed by atoms with E-state index < -0.39 is 0 Å². The highest BCUT2D eigenvalue weighted by Gasteiger charge is 2.12. The van der Waals surface area contributed by atoms with Crippen LogP contribution in [0.4, 0.5) is 5.69 Å². The van der Waals surface area contributed by atoms with Crippen LogP contribution < -0.4 is 5.32 Å². The Morgan fingerprint density at radius 1 is 1.04 bits per heavy atom. The van der Waals surface area contributed by atoms with Gasteiger partial charge < -0.3 is 9.73 Å². The standard InChI is InChI=1S/C19H11N5O/c1-12-4-2-3-5-15(12)19-24-16-8-14(6-7-18(16)25-19)23-17(11-22)13(9-20)10-21/h2-8,23H,1H3. The predicted molar refractivity (Wildman–Crippen MR) is 91.7 cm³/mol. The average Bonchev–Trinajstić information content (AvgIpc) is 3.05. The molecule has 0 bridgehead atoms. The first-order valence-electron chi connectivity index (χ1n) is 7.34. The maximum Gasteiger partial charge on any atom is 0.227 e. The summed E-state index contributed by atoms with van der Waals surface area (Å²) in [5.74, 6) is 0.510. The fourth-order valence-corrected chi connectivity index (χ4v) is 2.36. The fourth-order valence-electron chi connectivity index (χ4n) is 2.36. The SMILES string of the molecule is Cc1ccccc1-c1nc2cc(NC(C#N)=C(C#N)C#N)ccc2o1. The number of aryl methyl sites for hydroxylation is 1. The molecule has 6 heteroatoms. The molecule has 2 aromatic carbocycles. The molecule has 0 aliphatic heterocycles. The summed E-state index contributed by atoms with van der Waals surface area (Å²) < 4.78 is 5.79. The van der Waals surface area contributed by atoms with E-state index in [4.69, 9.17) is 20.2 Å². The molecule has 1 aromatic heterocycles. The number of benzene rings is 2. The van der Waals surface area contributed by atoms with Crippen LogP contribution in [0.2, 0.25) is 0 Å². The molecule has 6 nitrogen and oxygen atoms in total. The summed E-state index contributed by atoms with van der Waals surface area (Å²) in [4.78, 5) is 4.49. The van der Waals surface area contributed by atoms with Crippen LogP contribution in [0.25, 0.3) is 22.6 Å². The maximum atomic E-state index is 9.11. The van der Waals surface area contributed by atoms with Gasteiger partial charge in [-0.3, -0.25) is 0 Å². The van der Waals surface area contributed by atoms with Gasteiger partial charge in [-0.2, -0.15) is 15.8 Å². The van der Waals surface area contributed by atoms with E-state index in [0.717, 1.165) is 11.1 Å². The Bertz CT molecular complexity index is 1100. The van der Waals surface area contributed by atoms with Crippen LogP contribution in [-0.2, 0) is 0 Å². The van der Waals surface area contributed by atoms with Gasteiger partial charge in [0.2, 0.25) is 5.89 Å². The van der Waals surface area contributed by atoms with E-state index in [1.54, 1.807) is 30.3 Å². The number of oxazole rings is 1. The molecule has 0 radical (unpaired) electrons. The summed E-state index contributed by atoms with van der Waals surface area (Å²) >= 11 is 0. The Kier molecular flexibility index (Phi) is 4.16. The second kappa shape index (κ2) is 6.58. The lowest BCUT2D eigenvalue weighted by Gasteiger charge is -2.03. The number of rotatable bonds is 3. The lowest BCUT2D eigenvalue weighted by Crippen LogP contribution is -2.00. The normalized spacial score (nSPS) is 9.68. The smallest absolute Gasteiger partial charge is 0.227 e. The third kappa shape index (κ3) is 3.03. The van der Waals surface area contributed by atoms with Crippen molar-refractivity contribution in [1.82, 2.24) is 4.98 Å². The molecule has 0 spiro atoms. The third-order valence-electron chi connectivity index (χ3n) is 3.62. The summed E-state index contributed by atoms with van der Waals surface area (Å²) in [5.41, 5.74) is 3.33. The van der Waals surface area contributed by atoms with Gasteiger partial charge in [0.25, 0.3) is 0 Å². The van der Waals surface area contributed by atoms with Gasteiger partial charge in [-0.05, 0) is 36.8 Å². The zero-order valence-corrected chi connectivity index (χ0v) is 13.2. The number of fused-ring (bicyclic) bond motifs is 1. The molecule has 0 amide bonds. The molecule has 0 atom stereocenters. The molecule has 25 heavy (non-hydrogen) atoms. The van der Waals surface area contributed by atoms with Crippen LogP contribution in [0.15, 0.2) is 58.2 Å². The summed E-state index contributed by atoms with van der Waals surface area (Å²) in [7, 11) is 0. The van der Waals surface area contributed by atoms with Crippen molar-refractivity contribution in [3.05, 3.63) is 59.3 Å². The molecule has 0 saturated heterocycles. The van der Waals surface area contributed by atoms with Gasteiger partial charge in [0.1, 0.15) is 29.4 Å². The van der Waals surface area contributed by atoms with Gasteiger partial charge in [-0.1, -0.05) is 18.2 Å². The average molecular weight is 325 g/mol. The third-order valence-corrected chi connectivity index (χ3v) is 3.62. The summed E-state index contributed by atoms with van der Waals surface area (Å²) in [5, 5.41) is 29.7. The Morgan fingerprint density at radius 3 is 2.48 bits per heavy atom. The zero-order chi connectivity index (χ0) is 17.8. The fraction of sp³-hybridized carbons (Fsp3) is 0.0526. The molecule has 1 N–H and O–H groups in total. The quantitative estimate of drug-likeness (QED) is 0.728. The van der Waals surface area contributed by atoms with E-state index in [9.17, 15) is 0 Å². The van der Waals surface area contributed by atoms with E-state index in [2.05, 4.69) is 10.3 Å². The lowest BCUT2D eigenvalue weighted by molar-refractivity contribution is 0.619. The number of allylic oxidation sites excluding steroid dienone is 2. The van der Waals surface area contributed by atoms with Crippen molar-refractivity contribution in [1.29, 1.82) is 15.8 Å². The minimum Gasteiger partial charge on any atom is -0.436 e. The minimum absolute atomic E-state index is 0.105. The van der Waals surface area contributed by atoms with Crippen molar-refractivity contribution < 1.29 is 4.42 Å². The van der Waals surface area contributed by atoms with E-state index in [0.29, 0.717) is 22.7 Å². The molecular weight excluding hydrogens is 314 g/mol. The first-order chi connectivity index (χ1) is 12.2. The van der Waals surface area contributed by atoms with Crippen molar-refractivity contribution in [2.45, 2.75) is 6.92 Å². The molecule has 0 aliphatic rings. The first-order valence-corrected chi connectivity index (χ1v) is 7.34. The summed E-state index contributed by atoms with van der Waals surface area (Å²) in [6, 6.07) is 18.1. The largest absolute Gasteiger partial charge is 0.436 e. The first kappa shape index (κ1) is 15.8. The van der Waals surface area contributed by atoms with E-state index in [1.807, 2.05) is 37.3 Å². The van der Waals surface area contributed by atoms with Gasteiger partial charge in [0, 0.05) is 11.3 Å². The predicted octanol–water partition coefficient (Wildman–Crippen LogP) is 4.04. The molecule has 118 valence electrons. The van der Waals surface area contributed by atoms with E-state index in [-0.39, 0.29) is 11.3 Å². The van der Waals surface area contributed by atoms with E-state index in [1.165, 1.54) is 0 Å². The van der Waals surface area contributed by atoms with Crippen LogP contribution in [0, 0.1) is 40.9 Å². The van der Waals surface area contributed by atoms with Crippen molar-refractivity contribution >= 4 is 16.8 Å². The number of anilines is 1. The molecule has 3 aromatic rings. The van der Waals surface area contributed by atoms with Crippen LogP contribution in [0.3, 0.4) is 0 Å². The molecule has 0 fully saturated rings. The number of hydrogen-bond donors (Lipinski definition) is 1. The number of hydrogen-bond acceptors (Lipinski definition) is 6. The van der Waals surface area contributed by atoms with Gasteiger partial charge in [0.15, 0.2) is 11.2 Å². The molecule has 3 rings (SSSR count). The van der Waals surface area contributed by atoms with Gasteiger partial charge in [0.05, 0.1) is 0 Å². The van der Waals surface area contributed by atoms with Gasteiger partial charge in [-0.25, -0.2) is 4.98 Å². The van der Waals surface area contributed by atoms with Gasteiger partial charge >= 0.3 is 0 Å². The highest BCUT2D eigenvalue weighted by atomic mass is 16.3. The Balaban J connectivity index is 2.01. The van der Waals surface area contributed by atoms with Crippen LogP contribution >= 0.6 is 0 Å². The Labute approximate surface area is 143 Å². The van der Waals surface area contributed by atoms with Crippen molar-refractivity contribution in [3.8, 4) is 29.7 Å². The molecule has 0 unspecified atom stereocenters. The number of nitrogens with zero attached hydrogens (tertiary/aromatic N) is 4. The van der Waals surface area contributed by atoms with Gasteiger partial charge in [-0.15, -0.1) is 0 Å². The second-order valence-corrected chi connectivity index (χ2v) is 5.23. The summed E-state index contributed by atoms with van der Waals surface area (Å²) in [6.07, 6.45) is 0.